The van der Waals surface area contributed by atoms with Gasteiger partial charge in [-0.05, 0) is 42.1 Å². The highest BCUT2D eigenvalue weighted by molar-refractivity contribution is 6.28. The third-order valence-corrected chi connectivity index (χ3v) is 5.50. The second kappa shape index (κ2) is 8.42. The lowest BCUT2D eigenvalue weighted by atomic mass is 10.1. The van der Waals surface area contributed by atoms with Crippen LogP contribution < -0.4 is 4.74 Å². The van der Waals surface area contributed by atoms with Gasteiger partial charge in [0, 0.05) is 24.8 Å². The summed E-state index contributed by atoms with van der Waals surface area (Å²) in [6.45, 7) is 2.00. The van der Waals surface area contributed by atoms with Crippen LogP contribution in [0.2, 0.25) is 5.28 Å². The summed E-state index contributed by atoms with van der Waals surface area (Å²) in [6, 6.07) is 18.2. The zero-order valence-electron chi connectivity index (χ0n) is 16.4. The van der Waals surface area contributed by atoms with Crippen LogP contribution in [0.3, 0.4) is 0 Å². The average molecular weight is 421 g/mol. The lowest BCUT2D eigenvalue weighted by Crippen LogP contribution is -2.19. The molecule has 7 heteroatoms. The first kappa shape index (κ1) is 19.0. The van der Waals surface area contributed by atoms with Gasteiger partial charge < -0.3 is 14.0 Å². The van der Waals surface area contributed by atoms with Crippen LogP contribution in [0.4, 0.5) is 0 Å². The summed E-state index contributed by atoms with van der Waals surface area (Å²) in [5, 5.41) is 0.210. The van der Waals surface area contributed by atoms with Crippen LogP contribution in [0.1, 0.15) is 24.4 Å². The standard InChI is InChI=1S/C23H21ClN4O2/c24-23-26-20(21-22(27-23)28(15-25-21)18-9-11-29-12-10-18)17-7-4-8-19(13-17)30-14-16-5-2-1-3-6-16/h1-8,13,15,18H,9-12,14H2. The van der Waals surface area contributed by atoms with Crippen molar-refractivity contribution in [3.63, 3.8) is 0 Å². The number of ether oxygens (including phenoxy) is 2. The minimum absolute atomic E-state index is 0.210. The molecule has 0 atom stereocenters. The third kappa shape index (κ3) is 3.88. The number of benzene rings is 2. The predicted octanol–water partition coefficient (Wildman–Crippen LogP) is 5.08. The van der Waals surface area contributed by atoms with Crippen LogP contribution in [0.25, 0.3) is 22.4 Å². The average Bonchev–Trinajstić information content (AvgIpc) is 3.22. The molecule has 1 aliphatic heterocycles. The Morgan fingerprint density at radius 3 is 2.70 bits per heavy atom. The summed E-state index contributed by atoms with van der Waals surface area (Å²) < 4.78 is 13.6. The van der Waals surface area contributed by atoms with Crippen molar-refractivity contribution in [2.75, 3.05) is 13.2 Å². The molecule has 6 nitrogen and oxygen atoms in total. The second-order valence-electron chi connectivity index (χ2n) is 7.31. The summed E-state index contributed by atoms with van der Waals surface area (Å²) in [6.07, 6.45) is 3.71. The third-order valence-electron chi connectivity index (χ3n) is 5.33. The molecule has 152 valence electrons. The molecule has 0 unspecified atom stereocenters. The molecule has 4 aromatic rings. The van der Waals surface area contributed by atoms with Crippen molar-refractivity contribution in [2.45, 2.75) is 25.5 Å². The SMILES string of the molecule is Clc1nc(-c2cccc(OCc3ccccc3)c2)c2ncn(C3CCOCC3)c2n1. The smallest absolute Gasteiger partial charge is 0.225 e. The van der Waals surface area contributed by atoms with E-state index < -0.39 is 0 Å². The van der Waals surface area contributed by atoms with Gasteiger partial charge >= 0.3 is 0 Å². The zero-order chi connectivity index (χ0) is 20.3. The zero-order valence-corrected chi connectivity index (χ0v) is 17.1. The fourth-order valence-corrected chi connectivity index (χ4v) is 3.96. The molecule has 5 rings (SSSR count). The first-order valence-corrected chi connectivity index (χ1v) is 10.4. The van der Waals surface area contributed by atoms with Crippen molar-refractivity contribution in [1.82, 2.24) is 19.5 Å². The van der Waals surface area contributed by atoms with Crippen LogP contribution in [-0.2, 0) is 11.3 Å². The van der Waals surface area contributed by atoms with Crippen LogP contribution in [0, 0.1) is 0 Å². The molecule has 0 aliphatic carbocycles. The molecule has 0 bridgehead atoms. The molecular weight excluding hydrogens is 400 g/mol. The van der Waals surface area contributed by atoms with Gasteiger partial charge in [-0.3, -0.25) is 0 Å². The molecule has 1 aliphatic rings. The number of hydrogen-bond acceptors (Lipinski definition) is 5. The Hall–Kier alpha value is -2.96. The maximum absolute atomic E-state index is 6.30. The quantitative estimate of drug-likeness (QED) is 0.421. The summed E-state index contributed by atoms with van der Waals surface area (Å²) in [5.41, 5.74) is 4.22. The monoisotopic (exact) mass is 420 g/mol. The van der Waals surface area contributed by atoms with Crippen molar-refractivity contribution in [2.24, 2.45) is 0 Å². The van der Waals surface area contributed by atoms with E-state index in [2.05, 4.69) is 19.5 Å². The van der Waals surface area contributed by atoms with Crippen LogP contribution >= 0.6 is 11.6 Å². The highest BCUT2D eigenvalue weighted by atomic mass is 35.5. The van der Waals surface area contributed by atoms with Gasteiger partial charge in [-0.1, -0.05) is 42.5 Å². The molecule has 1 saturated heterocycles. The number of aromatic nitrogens is 4. The number of hydrogen-bond donors (Lipinski definition) is 0. The Morgan fingerprint density at radius 2 is 1.87 bits per heavy atom. The fraction of sp³-hybridized carbons (Fsp3) is 0.261. The molecule has 0 amide bonds. The van der Waals surface area contributed by atoms with Crippen molar-refractivity contribution < 1.29 is 9.47 Å². The van der Waals surface area contributed by atoms with Gasteiger partial charge in [0.05, 0.1) is 6.33 Å². The van der Waals surface area contributed by atoms with Gasteiger partial charge in [0.15, 0.2) is 5.65 Å². The molecular formula is C23H21ClN4O2. The van der Waals surface area contributed by atoms with E-state index in [9.17, 15) is 0 Å². The summed E-state index contributed by atoms with van der Waals surface area (Å²) >= 11 is 6.30. The van der Waals surface area contributed by atoms with Gasteiger partial charge in [0.25, 0.3) is 0 Å². The first-order chi connectivity index (χ1) is 14.8. The Kier molecular flexibility index (Phi) is 5.34. The molecule has 0 spiro atoms. The van der Waals surface area contributed by atoms with E-state index in [4.69, 9.17) is 21.1 Å². The van der Waals surface area contributed by atoms with Crippen molar-refractivity contribution in [3.05, 3.63) is 71.8 Å². The minimum Gasteiger partial charge on any atom is -0.489 e. The molecule has 2 aromatic carbocycles. The Bertz CT molecular complexity index is 1160. The van der Waals surface area contributed by atoms with E-state index in [0.717, 1.165) is 54.1 Å². The molecule has 2 aromatic heterocycles. The Balaban J connectivity index is 1.48. The highest BCUT2D eigenvalue weighted by Gasteiger charge is 2.21. The van der Waals surface area contributed by atoms with Crippen molar-refractivity contribution in [1.29, 1.82) is 0 Å². The number of imidazole rings is 1. The van der Waals surface area contributed by atoms with Gasteiger partial charge in [0.2, 0.25) is 5.28 Å². The molecule has 1 fully saturated rings. The van der Waals surface area contributed by atoms with Gasteiger partial charge in [-0.25, -0.2) is 9.97 Å². The van der Waals surface area contributed by atoms with Crippen LogP contribution in [0.5, 0.6) is 5.75 Å². The van der Waals surface area contributed by atoms with Gasteiger partial charge in [0.1, 0.15) is 23.6 Å². The second-order valence-corrected chi connectivity index (χ2v) is 7.65. The van der Waals surface area contributed by atoms with E-state index in [1.807, 2.05) is 60.9 Å². The topological polar surface area (TPSA) is 62.1 Å². The highest BCUT2D eigenvalue weighted by Crippen LogP contribution is 2.32. The van der Waals surface area contributed by atoms with E-state index in [1.54, 1.807) is 0 Å². The number of rotatable bonds is 5. The summed E-state index contributed by atoms with van der Waals surface area (Å²) in [5.74, 6) is 0.767. The summed E-state index contributed by atoms with van der Waals surface area (Å²) in [4.78, 5) is 13.6. The molecule has 3 heterocycles. The van der Waals surface area contributed by atoms with Crippen LogP contribution in [-0.4, -0.2) is 32.7 Å². The minimum atomic E-state index is 0.210. The molecule has 30 heavy (non-hydrogen) atoms. The van der Waals surface area contributed by atoms with E-state index in [0.29, 0.717) is 18.3 Å². The number of halogens is 1. The van der Waals surface area contributed by atoms with Crippen molar-refractivity contribution >= 4 is 22.8 Å². The molecule has 0 radical (unpaired) electrons. The maximum atomic E-state index is 6.30. The molecule has 0 N–H and O–H groups in total. The Morgan fingerprint density at radius 1 is 1.03 bits per heavy atom. The number of fused-ring (bicyclic) bond motifs is 1. The van der Waals surface area contributed by atoms with E-state index in [1.165, 1.54) is 0 Å². The van der Waals surface area contributed by atoms with E-state index >= 15 is 0 Å². The Labute approximate surface area is 179 Å². The fourth-order valence-electron chi connectivity index (χ4n) is 3.80. The lowest BCUT2D eigenvalue weighted by Gasteiger charge is -2.23. The van der Waals surface area contributed by atoms with Gasteiger partial charge in [-0.15, -0.1) is 0 Å². The first-order valence-electron chi connectivity index (χ1n) is 10.0. The predicted molar refractivity (Wildman–Crippen MR) is 116 cm³/mol. The molecule has 0 saturated carbocycles. The lowest BCUT2D eigenvalue weighted by molar-refractivity contribution is 0.0704. The van der Waals surface area contributed by atoms with E-state index in [-0.39, 0.29) is 5.28 Å². The largest absolute Gasteiger partial charge is 0.489 e. The van der Waals surface area contributed by atoms with Crippen LogP contribution in [0.15, 0.2) is 60.9 Å². The maximum Gasteiger partial charge on any atom is 0.225 e. The summed E-state index contributed by atoms with van der Waals surface area (Å²) in [7, 11) is 0. The van der Waals surface area contributed by atoms with Crippen molar-refractivity contribution in [3.8, 4) is 17.0 Å². The number of nitrogens with zero attached hydrogens (tertiary/aromatic N) is 4. The normalized spacial score (nSPS) is 14.8. The van der Waals surface area contributed by atoms with Gasteiger partial charge in [-0.2, -0.15) is 4.98 Å².